The quantitative estimate of drug-likeness (QED) is 0.830. The lowest BCUT2D eigenvalue weighted by atomic mass is 9.83. The molecule has 1 aromatic rings. The van der Waals surface area contributed by atoms with Crippen LogP contribution >= 0.6 is 11.6 Å². The van der Waals surface area contributed by atoms with Gasteiger partial charge in [-0.2, -0.15) is 0 Å². The molecule has 1 N–H and O–H groups in total. The van der Waals surface area contributed by atoms with Gasteiger partial charge in [0.15, 0.2) is 0 Å². The van der Waals surface area contributed by atoms with Crippen LogP contribution in [0.1, 0.15) is 45.1 Å². The van der Waals surface area contributed by atoms with Crippen LogP contribution in [0.3, 0.4) is 0 Å². The van der Waals surface area contributed by atoms with Gasteiger partial charge in [0.05, 0.1) is 0 Å². The van der Waals surface area contributed by atoms with Crippen molar-refractivity contribution < 1.29 is 0 Å². The third-order valence-corrected chi connectivity index (χ3v) is 5.69. The molecule has 0 aromatic heterocycles. The number of benzene rings is 1. The van der Waals surface area contributed by atoms with Crippen molar-refractivity contribution in [3.05, 3.63) is 34.9 Å². The molecular weight excluding hydrogens is 266 g/mol. The standard InChI is InChI=1S/C18H26ClN/c1-12(9-14-4-7-17(19)8-5-14)20-13(2)18-11-15-3-6-16(18)10-15/h4-5,7-8,12-13,15-16,18,20H,3,6,9-11H2,1-2H3. The molecule has 0 spiro atoms. The van der Waals surface area contributed by atoms with E-state index in [1.165, 1.54) is 31.2 Å². The minimum atomic E-state index is 0.533. The summed E-state index contributed by atoms with van der Waals surface area (Å²) in [6.07, 6.45) is 7.03. The molecule has 0 heterocycles. The third-order valence-electron chi connectivity index (χ3n) is 5.44. The van der Waals surface area contributed by atoms with Crippen molar-refractivity contribution in [3.63, 3.8) is 0 Å². The molecule has 1 aromatic carbocycles. The molecule has 2 fully saturated rings. The first kappa shape index (κ1) is 14.4. The minimum Gasteiger partial charge on any atom is -0.311 e. The Bertz CT molecular complexity index is 441. The molecule has 0 amide bonds. The van der Waals surface area contributed by atoms with Crippen molar-refractivity contribution in [3.8, 4) is 0 Å². The van der Waals surface area contributed by atoms with E-state index in [1.807, 2.05) is 12.1 Å². The van der Waals surface area contributed by atoms with Gasteiger partial charge in [-0.3, -0.25) is 0 Å². The lowest BCUT2D eigenvalue weighted by Gasteiger charge is -2.31. The Balaban J connectivity index is 1.51. The first-order chi connectivity index (χ1) is 9.61. The number of hydrogen-bond acceptors (Lipinski definition) is 1. The fourth-order valence-electron chi connectivity index (χ4n) is 4.51. The van der Waals surface area contributed by atoms with Gasteiger partial charge in [-0.1, -0.05) is 30.2 Å². The summed E-state index contributed by atoms with van der Waals surface area (Å²) >= 11 is 5.94. The zero-order valence-electron chi connectivity index (χ0n) is 12.6. The SMILES string of the molecule is CC(Cc1ccc(Cl)cc1)NC(C)C1CC2CCC1C2. The molecule has 0 aliphatic heterocycles. The second-order valence-corrected chi connectivity index (χ2v) is 7.46. The lowest BCUT2D eigenvalue weighted by Crippen LogP contribution is -2.42. The molecule has 2 aliphatic carbocycles. The Labute approximate surface area is 128 Å². The van der Waals surface area contributed by atoms with Crippen LogP contribution in [-0.4, -0.2) is 12.1 Å². The van der Waals surface area contributed by atoms with E-state index in [1.54, 1.807) is 0 Å². The van der Waals surface area contributed by atoms with Gasteiger partial charge in [0.25, 0.3) is 0 Å². The van der Waals surface area contributed by atoms with Crippen LogP contribution in [0.15, 0.2) is 24.3 Å². The van der Waals surface area contributed by atoms with Gasteiger partial charge in [-0.15, -0.1) is 0 Å². The van der Waals surface area contributed by atoms with Crippen LogP contribution in [0.2, 0.25) is 5.02 Å². The molecule has 0 radical (unpaired) electrons. The van der Waals surface area contributed by atoms with E-state index in [0.29, 0.717) is 12.1 Å². The first-order valence-corrected chi connectivity index (χ1v) is 8.50. The Kier molecular flexibility index (Phi) is 4.37. The van der Waals surface area contributed by atoms with E-state index >= 15 is 0 Å². The summed E-state index contributed by atoms with van der Waals surface area (Å²) in [5.74, 6) is 2.97. The number of nitrogens with one attached hydrogen (secondary N) is 1. The van der Waals surface area contributed by atoms with E-state index in [2.05, 4.69) is 31.3 Å². The first-order valence-electron chi connectivity index (χ1n) is 8.12. The highest BCUT2D eigenvalue weighted by atomic mass is 35.5. The Morgan fingerprint density at radius 3 is 2.50 bits per heavy atom. The second kappa shape index (κ2) is 6.07. The third kappa shape index (κ3) is 3.20. The van der Waals surface area contributed by atoms with Crippen LogP contribution in [0.5, 0.6) is 0 Å². The van der Waals surface area contributed by atoms with Crippen molar-refractivity contribution >= 4 is 11.6 Å². The van der Waals surface area contributed by atoms with Gasteiger partial charge in [0.1, 0.15) is 0 Å². The molecule has 1 nitrogen and oxygen atoms in total. The van der Waals surface area contributed by atoms with E-state index < -0.39 is 0 Å². The topological polar surface area (TPSA) is 12.0 Å². The summed E-state index contributed by atoms with van der Waals surface area (Å²) in [4.78, 5) is 0. The van der Waals surface area contributed by atoms with Crippen LogP contribution in [0.4, 0.5) is 0 Å². The predicted molar refractivity (Wildman–Crippen MR) is 86.2 cm³/mol. The van der Waals surface area contributed by atoms with Gasteiger partial charge in [0.2, 0.25) is 0 Å². The summed E-state index contributed by atoms with van der Waals surface area (Å²) in [5.41, 5.74) is 1.37. The average molecular weight is 292 g/mol. The largest absolute Gasteiger partial charge is 0.311 e. The molecule has 0 saturated heterocycles. The molecule has 2 saturated carbocycles. The van der Waals surface area contributed by atoms with Gasteiger partial charge >= 0.3 is 0 Å². The zero-order valence-corrected chi connectivity index (χ0v) is 13.4. The summed E-state index contributed by atoms with van der Waals surface area (Å²) < 4.78 is 0. The molecule has 20 heavy (non-hydrogen) atoms. The van der Waals surface area contributed by atoms with Crippen molar-refractivity contribution in [1.82, 2.24) is 5.32 Å². The van der Waals surface area contributed by atoms with Crippen molar-refractivity contribution in [2.45, 2.75) is 58.0 Å². The summed E-state index contributed by atoms with van der Waals surface area (Å²) in [6, 6.07) is 9.45. The maximum absolute atomic E-state index is 5.94. The van der Waals surface area contributed by atoms with Gasteiger partial charge in [-0.25, -0.2) is 0 Å². The maximum Gasteiger partial charge on any atom is 0.0406 e. The van der Waals surface area contributed by atoms with E-state index in [9.17, 15) is 0 Å². The van der Waals surface area contributed by atoms with Crippen LogP contribution in [-0.2, 0) is 6.42 Å². The second-order valence-electron chi connectivity index (χ2n) is 7.03. The van der Waals surface area contributed by atoms with Crippen LogP contribution in [0.25, 0.3) is 0 Å². The highest BCUT2D eigenvalue weighted by Gasteiger charge is 2.41. The Morgan fingerprint density at radius 1 is 1.15 bits per heavy atom. The highest BCUT2D eigenvalue weighted by molar-refractivity contribution is 6.30. The average Bonchev–Trinajstić information content (AvgIpc) is 3.03. The number of rotatable bonds is 5. The summed E-state index contributed by atoms with van der Waals surface area (Å²) in [7, 11) is 0. The Morgan fingerprint density at radius 2 is 1.90 bits per heavy atom. The molecule has 110 valence electrons. The minimum absolute atomic E-state index is 0.533. The lowest BCUT2D eigenvalue weighted by molar-refractivity contribution is 0.247. The van der Waals surface area contributed by atoms with Crippen LogP contribution < -0.4 is 5.32 Å². The van der Waals surface area contributed by atoms with Gasteiger partial charge in [-0.05, 0) is 75.0 Å². The van der Waals surface area contributed by atoms with Crippen molar-refractivity contribution in [1.29, 1.82) is 0 Å². The molecule has 5 atom stereocenters. The smallest absolute Gasteiger partial charge is 0.0406 e. The number of fused-ring (bicyclic) bond motifs is 2. The molecule has 3 rings (SSSR count). The normalized spacial score (nSPS) is 31.4. The monoisotopic (exact) mass is 291 g/mol. The molecule has 5 unspecified atom stereocenters. The summed E-state index contributed by atoms with van der Waals surface area (Å²) in [5, 5.41) is 4.66. The summed E-state index contributed by atoms with van der Waals surface area (Å²) in [6.45, 7) is 4.70. The van der Waals surface area contributed by atoms with E-state index in [0.717, 1.165) is 29.2 Å². The van der Waals surface area contributed by atoms with E-state index in [-0.39, 0.29) is 0 Å². The van der Waals surface area contributed by atoms with Crippen LogP contribution in [0, 0.1) is 17.8 Å². The molecule has 2 aliphatic rings. The highest BCUT2D eigenvalue weighted by Crippen LogP contribution is 2.49. The van der Waals surface area contributed by atoms with Gasteiger partial charge in [0, 0.05) is 17.1 Å². The number of hydrogen-bond donors (Lipinski definition) is 1. The van der Waals surface area contributed by atoms with Crippen molar-refractivity contribution in [2.24, 2.45) is 17.8 Å². The zero-order chi connectivity index (χ0) is 14.1. The molecule has 2 bridgehead atoms. The predicted octanol–water partition coefficient (Wildman–Crippen LogP) is 4.69. The molecular formula is C18H26ClN. The van der Waals surface area contributed by atoms with Crippen molar-refractivity contribution in [2.75, 3.05) is 0 Å². The Hall–Kier alpha value is -0.530. The molecule has 2 heteroatoms. The number of halogens is 1. The fraction of sp³-hybridized carbons (Fsp3) is 0.667. The maximum atomic E-state index is 5.94. The van der Waals surface area contributed by atoms with Gasteiger partial charge < -0.3 is 5.32 Å². The fourth-order valence-corrected chi connectivity index (χ4v) is 4.64. The van der Waals surface area contributed by atoms with E-state index in [4.69, 9.17) is 11.6 Å².